The SMILES string of the molecule is Cc1nc(NCc2nnc(C)o2)c2c(ccn2Cc2ccccn2)n1. The largest absolute Gasteiger partial charge is 0.424 e. The predicted octanol–water partition coefficient (Wildman–Crippen LogP) is 2.49. The van der Waals surface area contributed by atoms with Crippen LogP contribution in [0.15, 0.2) is 41.1 Å². The second-order valence-electron chi connectivity index (χ2n) is 5.69. The maximum absolute atomic E-state index is 5.41. The Balaban J connectivity index is 1.68. The van der Waals surface area contributed by atoms with Gasteiger partial charge in [-0.2, -0.15) is 0 Å². The minimum atomic E-state index is 0.404. The molecule has 8 heteroatoms. The number of hydrogen-bond donors (Lipinski definition) is 1. The van der Waals surface area contributed by atoms with E-state index in [-0.39, 0.29) is 0 Å². The normalized spacial score (nSPS) is 11.1. The van der Waals surface area contributed by atoms with Crippen LogP contribution in [0, 0.1) is 13.8 Å². The highest BCUT2D eigenvalue weighted by Crippen LogP contribution is 2.23. The van der Waals surface area contributed by atoms with Crippen molar-refractivity contribution in [2.75, 3.05) is 5.32 Å². The first-order valence-electron chi connectivity index (χ1n) is 7.95. The number of nitrogens with one attached hydrogen (secondary N) is 1. The smallest absolute Gasteiger partial charge is 0.235 e. The lowest BCUT2D eigenvalue weighted by Gasteiger charge is -2.10. The summed E-state index contributed by atoms with van der Waals surface area (Å²) in [6.07, 6.45) is 3.79. The van der Waals surface area contributed by atoms with Gasteiger partial charge >= 0.3 is 0 Å². The molecule has 1 N–H and O–H groups in total. The highest BCUT2D eigenvalue weighted by molar-refractivity contribution is 5.86. The van der Waals surface area contributed by atoms with Gasteiger partial charge in [-0.3, -0.25) is 4.98 Å². The molecule has 4 aromatic rings. The second kappa shape index (κ2) is 6.31. The van der Waals surface area contributed by atoms with E-state index < -0.39 is 0 Å². The maximum atomic E-state index is 5.41. The summed E-state index contributed by atoms with van der Waals surface area (Å²) in [7, 11) is 0. The summed E-state index contributed by atoms with van der Waals surface area (Å²) in [5.74, 6) is 2.50. The van der Waals surface area contributed by atoms with Gasteiger partial charge in [0.15, 0.2) is 5.82 Å². The van der Waals surface area contributed by atoms with E-state index in [1.54, 1.807) is 13.1 Å². The first-order chi connectivity index (χ1) is 12.2. The van der Waals surface area contributed by atoms with Crippen molar-refractivity contribution in [2.24, 2.45) is 0 Å². The molecule has 0 radical (unpaired) electrons. The third-order valence-electron chi connectivity index (χ3n) is 3.76. The average Bonchev–Trinajstić information content (AvgIpc) is 3.20. The Labute approximate surface area is 144 Å². The van der Waals surface area contributed by atoms with Crippen LogP contribution in [-0.2, 0) is 13.1 Å². The molecule has 0 bridgehead atoms. The molecule has 0 aliphatic heterocycles. The number of hydrogen-bond acceptors (Lipinski definition) is 7. The molecule has 4 heterocycles. The third kappa shape index (κ3) is 3.18. The van der Waals surface area contributed by atoms with E-state index in [9.17, 15) is 0 Å². The average molecular weight is 335 g/mol. The van der Waals surface area contributed by atoms with Gasteiger partial charge in [-0.15, -0.1) is 10.2 Å². The molecule has 0 aliphatic rings. The monoisotopic (exact) mass is 335 g/mol. The number of pyridine rings is 1. The molecule has 0 saturated heterocycles. The van der Waals surface area contributed by atoms with Crippen LogP contribution in [0.5, 0.6) is 0 Å². The Morgan fingerprint density at radius 1 is 1.12 bits per heavy atom. The second-order valence-corrected chi connectivity index (χ2v) is 5.69. The van der Waals surface area contributed by atoms with Gasteiger partial charge in [0, 0.05) is 19.3 Å². The van der Waals surface area contributed by atoms with E-state index in [4.69, 9.17) is 4.42 Å². The first-order valence-corrected chi connectivity index (χ1v) is 7.95. The number of aryl methyl sites for hydroxylation is 2. The predicted molar refractivity (Wildman–Crippen MR) is 92.0 cm³/mol. The van der Waals surface area contributed by atoms with E-state index in [1.807, 2.05) is 37.4 Å². The molecular formula is C17H17N7O. The lowest BCUT2D eigenvalue weighted by Crippen LogP contribution is -2.08. The highest BCUT2D eigenvalue weighted by Gasteiger charge is 2.12. The minimum Gasteiger partial charge on any atom is -0.424 e. The van der Waals surface area contributed by atoms with Crippen LogP contribution >= 0.6 is 0 Å². The molecule has 0 aromatic carbocycles. The van der Waals surface area contributed by atoms with Crippen molar-refractivity contribution in [3.8, 4) is 0 Å². The van der Waals surface area contributed by atoms with Crippen molar-refractivity contribution >= 4 is 16.9 Å². The van der Waals surface area contributed by atoms with Crippen molar-refractivity contribution in [2.45, 2.75) is 26.9 Å². The van der Waals surface area contributed by atoms with Crippen molar-refractivity contribution in [1.82, 2.24) is 29.7 Å². The Hall–Kier alpha value is -3.29. The number of nitrogens with zero attached hydrogens (tertiary/aromatic N) is 6. The molecule has 0 spiro atoms. The molecule has 0 saturated carbocycles. The van der Waals surface area contributed by atoms with Gasteiger partial charge in [-0.25, -0.2) is 9.97 Å². The summed E-state index contributed by atoms with van der Waals surface area (Å²) in [6.45, 7) is 4.69. The molecule has 25 heavy (non-hydrogen) atoms. The van der Waals surface area contributed by atoms with E-state index in [2.05, 4.69) is 35.0 Å². The zero-order chi connectivity index (χ0) is 17.2. The minimum absolute atomic E-state index is 0.404. The molecule has 0 amide bonds. The quantitative estimate of drug-likeness (QED) is 0.598. The van der Waals surface area contributed by atoms with Gasteiger partial charge in [0.25, 0.3) is 0 Å². The molecule has 4 rings (SSSR count). The maximum Gasteiger partial charge on any atom is 0.235 e. The number of anilines is 1. The number of fused-ring (bicyclic) bond motifs is 1. The lowest BCUT2D eigenvalue weighted by atomic mass is 10.3. The van der Waals surface area contributed by atoms with E-state index in [1.165, 1.54) is 0 Å². The van der Waals surface area contributed by atoms with Gasteiger partial charge in [0.05, 0.1) is 24.3 Å². The first kappa shape index (κ1) is 15.3. The Kier molecular flexibility index (Phi) is 3.85. The fourth-order valence-corrected chi connectivity index (χ4v) is 2.71. The summed E-state index contributed by atoms with van der Waals surface area (Å²) < 4.78 is 7.49. The van der Waals surface area contributed by atoms with Gasteiger partial charge < -0.3 is 14.3 Å². The van der Waals surface area contributed by atoms with Crippen molar-refractivity contribution < 1.29 is 4.42 Å². The standard InChI is InChI=1S/C17H17N7O/c1-11-20-14-6-8-24(10-13-5-3-4-7-18-13)16(14)17(21-11)19-9-15-23-22-12(2)25-15/h3-8H,9-10H2,1-2H3,(H,19,20,21). The lowest BCUT2D eigenvalue weighted by molar-refractivity contribution is 0.474. The van der Waals surface area contributed by atoms with E-state index in [0.717, 1.165) is 22.5 Å². The van der Waals surface area contributed by atoms with Crippen molar-refractivity contribution in [3.63, 3.8) is 0 Å². The van der Waals surface area contributed by atoms with Gasteiger partial charge in [-0.05, 0) is 25.1 Å². The molecule has 126 valence electrons. The summed E-state index contributed by atoms with van der Waals surface area (Å²) >= 11 is 0. The number of aromatic nitrogens is 6. The zero-order valence-electron chi connectivity index (χ0n) is 14.0. The summed E-state index contributed by atoms with van der Waals surface area (Å²) in [5.41, 5.74) is 2.78. The fraction of sp³-hybridized carbons (Fsp3) is 0.235. The van der Waals surface area contributed by atoms with Crippen molar-refractivity contribution in [1.29, 1.82) is 0 Å². The summed E-state index contributed by atoms with van der Waals surface area (Å²) in [4.78, 5) is 13.4. The van der Waals surface area contributed by atoms with Gasteiger partial charge in [0.1, 0.15) is 11.3 Å². The van der Waals surface area contributed by atoms with Crippen LogP contribution in [-0.4, -0.2) is 29.7 Å². The Morgan fingerprint density at radius 2 is 2.04 bits per heavy atom. The number of rotatable bonds is 5. The van der Waals surface area contributed by atoms with Crippen LogP contribution in [0.3, 0.4) is 0 Å². The van der Waals surface area contributed by atoms with Crippen LogP contribution in [0.4, 0.5) is 5.82 Å². The van der Waals surface area contributed by atoms with Crippen LogP contribution < -0.4 is 5.32 Å². The molecule has 0 fully saturated rings. The van der Waals surface area contributed by atoms with Gasteiger partial charge in [-0.1, -0.05) is 6.07 Å². The molecule has 4 aromatic heterocycles. The molecule has 0 atom stereocenters. The van der Waals surface area contributed by atoms with Gasteiger partial charge in [0.2, 0.25) is 11.8 Å². The summed E-state index contributed by atoms with van der Waals surface area (Å²) in [6, 6.07) is 7.86. The van der Waals surface area contributed by atoms with E-state index in [0.29, 0.717) is 30.7 Å². The van der Waals surface area contributed by atoms with Crippen LogP contribution in [0.1, 0.15) is 23.3 Å². The Morgan fingerprint density at radius 3 is 2.80 bits per heavy atom. The zero-order valence-corrected chi connectivity index (χ0v) is 14.0. The summed E-state index contributed by atoms with van der Waals surface area (Å²) in [5, 5.41) is 11.1. The third-order valence-corrected chi connectivity index (χ3v) is 3.76. The van der Waals surface area contributed by atoms with Crippen LogP contribution in [0.25, 0.3) is 11.0 Å². The van der Waals surface area contributed by atoms with E-state index >= 15 is 0 Å². The fourth-order valence-electron chi connectivity index (χ4n) is 2.71. The molecule has 0 unspecified atom stereocenters. The Bertz CT molecular complexity index is 1010. The highest BCUT2D eigenvalue weighted by atomic mass is 16.4. The van der Waals surface area contributed by atoms with Crippen molar-refractivity contribution in [3.05, 3.63) is 60.0 Å². The topological polar surface area (TPSA) is 94.6 Å². The molecule has 8 nitrogen and oxygen atoms in total. The van der Waals surface area contributed by atoms with Crippen LogP contribution in [0.2, 0.25) is 0 Å². The molecular weight excluding hydrogens is 318 g/mol. The molecule has 0 aliphatic carbocycles.